The molecule has 5 rings (SSSR count). The summed E-state index contributed by atoms with van der Waals surface area (Å²) in [5.41, 5.74) is -0.459. The zero-order valence-electron chi connectivity index (χ0n) is 22.6. The minimum absolute atomic E-state index is 0.0204. The molecule has 5 nitrogen and oxygen atoms in total. The van der Waals surface area contributed by atoms with Gasteiger partial charge in [0.05, 0.1) is 18.3 Å². The second-order valence-corrected chi connectivity index (χ2v) is 13.3. The summed E-state index contributed by atoms with van der Waals surface area (Å²) in [5.74, 6) is -3.53. The average Bonchev–Trinajstić information content (AvgIpc) is 3.21. The SMILES string of the molecule is CC(CCC(=O)Nc1cc(F)c(F)c(F)c1)C1CCC2C3C(O)CC4CC(O)CCC4(C)C3CC(O)C12C. The molecule has 4 aliphatic rings. The number of benzene rings is 1. The normalized spacial score (nSPS) is 43.1. The Bertz CT molecular complexity index is 1050. The van der Waals surface area contributed by atoms with Crippen molar-refractivity contribution in [2.75, 3.05) is 5.32 Å². The molecule has 38 heavy (non-hydrogen) atoms. The highest BCUT2D eigenvalue weighted by molar-refractivity contribution is 5.90. The molecule has 0 heterocycles. The molecule has 8 heteroatoms. The summed E-state index contributed by atoms with van der Waals surface area (Å²) in [4.78, 5) is 12.5. The van der Waals surface area contributed by atoms with Gasteiger partial charge in [-0.3, -0.25) is 4.79 Å². The van der Waals surface area contributed by atoms with Crippen molar-refractivity contribution < 1.29 is 33.3 Å². The summed E-state index contributed by atoms with van der Waals surface area (Å²) in [6.45, 7) is 6.58. The summed E-state index contributed by atoms with van der Waals surface area (Å²) in [5, 5.41) is 35.8. The van der Waals surface area contributed by atoms with E-state index in [2.05, 4.69) is 26.1 Å². The third kappa shape index (κ3) is 4.48. The maximum atomic E-state index is 13.5. The molecule has 4 N–H and O–H groups in total. The van der Waals surface area contributed by atoms with Crippen LogP contribution in [0.4, 0.5) is 18.9 Å². The number of rotatable bonds is 5. The number of hydrogen-bond acceptors (Lipinski definition) is 4. The molecule has 1 aromatic rings. The molecule has 1 aromatic carbocycles. The van der Waals surface area contributed by atoms with Gasteiger partial charge in [0.25, 0.3) is 0 Å². The number of aliphatic hydroxyl groups is 3. The Hall–Kier alpha value is -1.64. The number of halogens is 3. The monoisotopic (exact) mass is 537 g/mol. The van der Waals surface area contributed by atoms with Gasteiger partial charge in [-0.1, -0.05) is 20.8 Å². The second kappa shape index (κ2) is 10.1. The van der Waals surface area contributed by atoms with Gasteiger partial charge in [-0.15, -0.1) is 0 Å². The first-order chi connectivity index (χ1) is 17.9. The summed E-state index contributed by atoms with van der Waals surface area (Å²) < 4.78 is 40.2. The van der Waals surface area contributed by atoms with Crippen LogP contribution in [-0.4, -0.2) is 39.5 Å². The molecule has 0 aliphatic heterocycles. The largest absolute Gasteiger partial charge is 0.393 e. The zero-order valence-corrected chi connectivity index (χ0v) is 22.6. The van der Waals surface area contributed by atoms with Gasteiger partial charge in [-0.05, 0) is 97.7 Å². The van der Waals surface area contributed by atoms with E-state index in [0.29, 0.717) is 19.3 Å². The van der Waals surface area contributed by atoms with Crippen LogP contribution < -0.4 is 5.32 Å². The lowest BCUT2D eigenvalue weighted by atomic mass is 9.43. The van der Waals surface area contributed by atoms with Crippen LogP contribution >= 0.6 is 0 Å². The molecule has 0 saturated heterocycles. The Labute approximate surface area is 223 Å². The van der Waals surface area contributed by atoms with Crippen molar-refractivity contribution in [1.82, 2.24) is 0 Å². The van der Waals surface area contributed by atoms with Gasteiger partial charge in [0.2, 0.25) is 5.91 Å². The minimum Gasteiger partial charge on any atom is -0.393 e. The number of hydrogen-bond donors (Lipinski definition) is 4. The van der Waals surface area contributed by atoms with Gasteiger partial charge in [-0.25, -0.2) is 13.2 Å². The number of carbonyl (C=O) groups is 1. The molecule has 0 spiro atoms. The van der Waals surface area contributed by atoms with Gasteiger partial charge in [0.15, 0.2) is 17.5 Å². The summed E-state index contributed by atoms with van der Waals surface area (Å²) in [6.07, 6.45) is 5.12. The fourth-order valence-electron chi connectivity index (χ4n) is 9.54. The number of amides is 1. The van der Waals surface area contributed by atoms with Crippen molar-refractivity contribution in [2.24, 2.45) is 46.3 Å². The van der Waals surface area contributed by atoms with Gasteiger partial charge < -0.3 is 20.6 Å². The van der Waals surface area contributed by atoms with E-state index in [9.17, 15) is 33.3 Å². The predicted molar refractivity (Wildman–Crippen MR) is 137 cm³/mol. The van der Waals surface area contributed by atoms with Crippen LogP contribution in [0.1, 0.15) is 78.6 Å². The highest BCUT2D eigenvalue weighted by Gasteiger charge is 2.65. The van der Waals surface area contributed by atoms with E-state index in [4.69, 9.17) is 0 Å². The van der Waals surface area contributed by atoms with E-state index in [1.807, 2.05) is 0 Å². The summed E-state index contributed by atoms with van der Waals surface area (Å²) in [7, 11) is 0. The van der Waals surface area contributed by atoms with Crippen molar-refractivity contribution >= 4 is 11.6 Å². The number of fused-ring (bicyclic) bond motifs is 5. The van der Waals surface area contributed by atoms with E-state index in [-0.39, 0.29) is 64.5 Å². The van der Waals surface area contributed by atoms with Gasteiger partial charge in [0.1, 0.15) is 0 Å². The lowest BCUT2D eigenvalue weighted by Crippen LogP contribution is -2.62. The highest BCUT2D eigenvalue weighted by atomic mass is 19.2. The Morgan fingerprint density at radius 2 is 1.71 bits per heavy atom. The van der Waals surface area contributed by atoms with E-state index in [1.165, 1.54) is 0 Å². The van der Waals surface area contributed by atoms with Crippen molar-refractivity contribution in [1.29, 1.82) is 0 Å². The zero-order chi connectivity index (χ0) is 27.6. The molecule has 4 aliphatic carbocycles. The van der Waals surface area contributed by atoms with Crippen LogP contribution in [0, 0.1) is 63.8 Å². The molecule has 11 atom stereocenters. The van der Waals surface area contributed by atoms with Crippen molar-refractivity contribution in [3.05, 3.63) is 29.6 Å². The summed E-state index contributed by atoms with van der Waals surface area (Å²) in [6, 6.07) is 1.54. The number of carbonyl (C=O) groups excluding carboxylic acids is 1. The van der Waals surface area contributed by atoms with E-state index >= 15 is 0 Å². The Morgan fingerprint density at radius 1 is 1.03 bits per heavy atom. The third-order valence-corrected chi connectivity index (χ3v) is 11.6. The first-order valence-electron chi connectivity index (χ1n) is 14.3. The molecule has 0 aromatic heterocycles. The molecular weight excluding hydrogens is 495 g/mol. The maximum Gasteiger partial charge on any atom is 0.224 e. The quantitative estimate of drug-likeness (QED) is 0.378. The minimum atomic E-state index is -1.57. The van der Waals surface area contributed by atoms with E-state index in [0.717, 1.165) is 44.2 Å². The molecule has 11 unspecified atom stereocenters. The molecule has 0 bridgehead atoms. The third-order valence-electron chi connectivity index (χ3n) is 11.6. The Balaban J connectivity index is 1.27. The molecule has 212 valence electrons. The molecular formula is C30H42F3NO4. The van der Waals surface area contributed by atoms with Gasteiger partial charge in [-0.2, -0.15) is 0 Å². The standard InChI is InChI=1S/C30H42F3NO4/c1-15(4-7-26(38)34-17-12-22(31)28(33)23(32)13-17)19-5-6-20-27-21(14-25(37)30(19,20)3)29(2)9-8-18(35)10-16(29)11-24(27)36/h12-13,15-16,18-21,24-25,27,35-37H,4-11,14H2,1-3H3,(H,34,38). The topological polar surface area (TPSA) is 89.8 Å². The molecule has 1 amide bonds. The van der Waals surface area contributed by atoms with Crippen LogP contribution in [0.15, 0.2) is 12.1 Å². The Morgan fingerprint density at radius 3 is 2.39 bits per heavy atom. The smallest absolute Gasteiger partial charge is 0.224 e. The number of aliphatic hydroxyl groups excluding tert-OH is 3. The van der Waals surface area contributed by atoms with Gasteiger partial charge in [0, 0.05) is 24.2 Å². The Kier molecular flexibility index (Phi) is 7.40. The highest BCUT2D eigenvalue weighted by Crippen LogP contribution is 2.68. The first-order valence-corrected chi connectivity index (χ1v) is 14.3. The lowest BCUT2D eigenvalue weighted by molar-refractivity contribution is -0.207. The van der Waals surface area contributed by atoms with Crippen LogP contribution in [0.25, 0.3) is 0 Å². The van der Waals surface area contributed by atoms with E-state index in [1.54, 1.807) is 0 Å². The van der Waals surface area contributed by atoms with Crippen LogP contribution in [0.5, 0.6) is 0 Å². The first kappa shape index (κ1) is 27.9. The van der Waals surface area contributed by atoms with Crippen LogP contribution in [0.2, 0.25) is 0 Å². The lowest BCUT2D eigenvalue weighted by Gasteiger charge is -2.63. The maximum absolute atomic E-state index is 13.5. The van der Waals surface area contributed by atoms with Crippen molar-refractivity contribution in [3.63, 3.8) is 0 Å². The summed E-state index contributed by atoms with van der Waals surface area (Å²) >= 11 is 0. The number of anilines is 1. The second-order valence-electron chi connectivity index (χ2n) is 13.3. The van der Waals surface area contributed by atoms with Crippen LogP contribution in [-0.2, 0) is 4.79 Å². The van der Waals surface area contributed by atoms with Crippen molar-refractivity contribution in [2.45, 2.75) is 96.9 Å². The van der Waals surface area contributed by atoms with Gasteiger partial charge >= 0.3 is 0 Å². The molecule has 0 radical (unpaired) electrons. The fourth-order valence-corrected chi connectivity index (χ4v) is 9.54. The fraction of sp³-hybridized carbons (Fsp3) is 0.767. The number of nitrogens with one attached hydrogen (secondary N) is 1. The van der Waals surface area contributed by atoms with E-state index < -0.39 is 35.6 Å². The average molecular weight is 538 g/mol. The molecule has 4 saturated carbocycles. The van der Waals surface area contributed by atoms with Crippen molar-refractivity contribution in [3.8, 4) is 0 Å². The van der Waals surface area contributed by atoms with Crippen LogP contribution in [0.3, 0.4) is 0 Å². The predicted octanol–water partition coefficient (Wildman–Crippen LogP) is 5.42. The molecule has 4 fully saturated rings.